The van der Waals surface area contributed by atoms with Crippen molar-refractivity contribution in [1.29, 1.82) is 0 Å². The average molecular weight is 279 g/mol. The minimum absolute atomic E-state index is 0.0867. The van der Waals surface area contributed by atoms with Gasteiger partial charge in [0.15, 0.2) is 0 Å². The first-order valence-electron chi connectivity index (χ1n) is 7.59. The Morgan fingerprint density at radius 1 is 1.40 bits per heavy atom. The van der Waals surface area contributed by atoms with E-state index in [1.807, 2.05) is 0 Å². The molecule has 0 saturated carbocycles. The van der Waals surface area contributed by atoms with Gasteiger partial charge in [0.05, 0.1) is 0 Å². The number of nitrogens with zero attached hydrogens (tertiary/aromatic N) is 2. The second kappa shape index (κ2) is 6.88. The number of hydrogen-bond donors (Lipinski definition) is 1. The molecule has 0 aromatic rings. The van der Waals surface area contributed by atoms with Gasteiger partial charge in [-0.05, 0) is 37.8 Å². The van der Waals surface area contributed by atoms with Crippen molar-refractivity contribution in [1.82, 2.24) is 15.1 Å². The second-order valence-electron chi connectivity index (χ2n) is 5.72. The molecular weight excluding hydrogens is 254 g/mol. The van der Waals surface area contributed by atoms with Crippen LogP contribution in [0.25, 0.3) is 0 Å². The van der Waals surface area contributed by atoms with E-state index in [4.69, 9.17) is 0 Å². The lowest BCUT2D eigenvalue weighted by atomic mass is 9.98. The Hall–Kier alpha value is -1.36. The van der Waals surface area contributed by atoms with E-state index in [9.17, 15) is 9.59 Å². The van der Waals surface area contributed by atoms with Crippen LogP contribution < -0.4 is 5.32 Å². The number of piperidine rings is 1. The lowest BCUT2D eigenvalue weighted by Gasteiger charge is -2.42. The summed E-state index contributed by atoms with van der Waals surface area (Å²) in [5, 5.41) is 3.27. The molecule has 20 heavy (non-hydrogen) atoms. The van der Waals surface area contributed by atoms with Gasteiger partial charge in [0, 0.05) is 19.6 Å². The van der Waals surface area contributed by atoms with Gasteiger partial charge >= 0.3 is 0 Å². The molecule has 0 radical (unpaired) electrons. The van der Waals surface area contributed by atoms with Gasteiger partial charge in [0.25, 0.3) is 0 Å². The molecule has 1 atom stereocenters. The van der Waals surface area contributed by atoms with Gasteiger partial charge < -0.3 is 15.1 Å². The van der Waals surface area contributed by atoms with Gasteiger partial charge in [0.2, 0.25) is 11.8 Å². The predicted octanol–water partition coefficient (Wildman–Crippen LogP) is 0.766. The van der Waals surface area contributed by atoms with Crippen LogP contribution in [-0.2, 0) is 9.59 Å². The summed E-state index contributed by atoms with van der Waals surface area (Å²) >= 11 is 0. The third-order valence-electron chi connectivity index (χ3n) is 3.96. The SMILES string of the molecule is C=C(CNCCC)CN1CC(=O)N2CCCCC2C1=O. The van der Waals surface area contributed by atoms with Gasteiger partial charge in [-0.25, -0.2) is 0 Å². The fraction of sp³-hybridized carbons (Fsp3) is 0.733. The van der Waals surface area contributed by atoms with E-state index in [1.54, 1.807) is 9.80 Å². The molecule has 2 aliphatic rings. The van der Waals surface area contributed by atoms with Crippen LogP contribution in [-0.4, -0.2) is 60.4 Å². The van der Waals surface area contributed by atoms with Crippen LogP contribution in [0.4, 0.5) is 0 Å². The Morgan fingerprint density at radius 3 is 2.95 bits per heavy atom. The zero-order valence-electron chi connectivity index (χ0n) is 12.4. The molecule has 0 bridgehead atoms. The summed E-state index contributed by atoms with van der Waals surface area (Å²) in [6, 6.07) is -0.221. The maximum absolute atomic E-state index is 12.4. The first-order valence-corrected chi connectivity index (χ1v) is 7.59. The van der Waals surface area contributed by atoms with Crippen LogP contribution in [0.3, 0.4) is 0 Å². The van der Waals surface area contributed by atoms with E-state index in [0.29, 0.717) is 13.1 Å². The van der Waals surface area contributed by atoms with Crippen molar-refractivity contribution in [3.63, 3.8) is 0 Å². The van der Waals surface area contributed by atoms with Crippen LogP contribution >= 0.6 is 0 Å². The third-order valence-corrected chi connectivity index (χ3v) is 3.96. The number of amides is 2. The maximum atomic E-state index is 12.4. The topological polar surface area (TPSA) is 52.7 Å². The summed E-state index contributed by atoms with van der Waals surface area (Å²) in [5.41, 5.74) is 0.962. The second-order valence-corrected chi connectivity index (χ2v) is 5.72. The summed E-state index contributed by atoms with van der Waals surface area (Å²) < 4.78 is 0. The number of fused-ring (bicyclic) bond motifs is 1. The fourth-order valence-electron chi connectivity index (χ4n) is 2.93. The van der Waals surface area contributed by atoms with Gasteiger partial charge in [-0.1, -0.05) is 13.5 Å². The highest BCUT2D eigenvalue weighted by molar-refractivity contribution is 5.95. The van der Waals surface area contributed by atoms with Crippen LogP contribution in [0.5, 0.6) is 0 Å². The summed E-state index contributed by atoms with van der Waals surface area (Å²) in [4.78, 5) is 28.0. The quantitative estimate of drug-likeness (QED) is 0.577. The Kier molecular flexibility index (Phi) is 5.17. The molecule has 5 nitrogen and oxygen atoms in total. The maximum Gasteiger partial charge on any atom is 0.246 e. The van der Waals surface area contributed by atoms with Gasteiger partial charge in [-0.3, -0.25) is 9.59 Å². The molecule has 2 rings (SSSR count). The highest BCUT2D eigenvalue weighted by atomic mass is 16.2. The van der Waals surface area contributed by atoms with E-state index in [0.717, 1.165) is 44.3 Å². The smallest absolute Gasteiger partial charge is 0.246 e. The molecule has 1 N–H and O–H groups in total. The Balaban J connectivity index is 1.90. The summed E-state index contributed by atoms with van der Waals surface area (Å²) in [7, 11) is 0. The molecule has 2 saturated heterocycles. The third kappa shape index (κ3) is 3.39. The van der Waals surface area contributed by atoms with E-state index in [-0.39, 0.29) is 24.4 Å². The molecule has 0 spiro atoms. The molecule has 0 aliphatic carbocycles. The predicted molar refractivity (Wildman–Crippen MR) is 78.2 cm³/mol. The van der Waals surface area contributed by atoms with Crippen LogP contribution in [0.1, 0.15) is 32.6 Å². The number of carbonyl (C=O) groups excluding carboxylic acids is 2. The average Bonchev–Trinajstić information content (AvgIpc) is 2.45. The molecule has 2 aliphatic heterocycles. The molecular formula is C15H25N3O2. The number of nitrogens with one attached hydrogen (secondary N) is 1. The lowest BCUT2D eigenvalue weighted by Crippen LogP contribution is -2.61. The first-order chi connectivity index (χ1) is 9.63. The molecule has 0 aromatic carbocycles. The lowest BCUT2D eigenvalue weighted by molar-refractivity contribution is -0.157. The van der Waals surface area contributed by atoms with E-state index >= 15 is 0 Å². The number of carbonyl (C=O) groups is 2. The summed E-state index contributed by atoms with van der Waals surface area (Å²) in [6.45, 7) is 9.21. The van der Waals surface area contributed by atoms with Crippen LogP contribution in [0.2, 0.25) is 0 Å². The molecule has 2 heterocycles. The minimum atomic E-state index is -0.221. The van der Waals surface area contributed by atoms with E-state index < -0.39 is 0 Å². The van der Waals surface area contributed by atoms with Crippen molar-refractivity contribution in [2.24, 2.45) is 0 Å². The standard InChI is InChI=1S/C15H25N3O2/c1-3-7-16-9-12(2)10-17-11-14(19)18-8-5-4-6-13(18)15(17)20/h13,16H,2-11H2,1H3. The number of piperazine rings is 1. The fourth-order valence-corrected chi connectivity index (χ4v) is 2.93. The van der Waals surface area contributed by atoms with Crippen molar-refractivity contribution in [3.05, 3.63) is 12.2 Å². The first kappa shape index (κ1) is 15.0. The molecule has 1 unspecified atom stereocenters. The highest BCUT2D eigenvalue weighted by Gasteiger charge is 2.40. The van der Waals surface area contributed by atoms with Crippen molar-refractivity contribution < 1.29 is 9.59 Å². The van der Waals surface area contributed by atoms with Crippen molar-refractivity contribution >= 4 is 11.8 Å². The van der Waals surface area contributed by atoms with E-state index in [1.165, 1.54) is 0 Å². The summed E-state index contributed by atoms with van der Waals surface area (Å²) in [5.74, 6) is 0.185. The summed E-state index contributed by atoms with van der Waals surface area (Å²) in [6.07, 6.45) is 3.93. The van der Waals surface area contributed by atoms with Crippen LogP contribution in [0, 0.1) is 0 Å². The Labute approximate surface area is 121 Å². The molecule has 0 aromatic heterocycles. The minimum Gasteiger partial charge on any atom is -0.329 e. The Bertz CT molecular complexity index is 395. The molecule has 2 fully saturated rings. The van der Waals surface area contributed by atoms with E-state index in [2.05, 4.69) is 18.8 Å². The molecule has 5 heteroatoms. The molecule has 2 amide bonds. The Morgan fingerprint density at radius 2 is 2.20 bits per heavy atom. The van der Waals surface area contributed by atoms with Crippen LogP contribution in [0.15, 0.2) is 12.2 Å². The molecule has 112 valence electrons. The number of hydrogen-bond acceptors (Lipinski definition) is 3. The number of rotatable bonds is 6. The van der Waals surface area contributed by atoms with Crippen molar-refractivity contribution in [2.45, 2.75) is 38.6 Å². The highest BCUT2D eigenvalue weighted by Crippen LogP contribution is 2.23. The normalized spacial score (nSPS) is 22.9. The van der Waals surface area contributed by atoms with Gasteiger partial charge in [0.1, 0.15) is 12.6 Å². The van der Waals surface area contributed by atoms with Crippen molar-refractivity contribution in [3.8, 4) is 0 Å². The zero-order chi connectivity index (χ0) is 14.5. The van der Waals surface area contributed by atoms with Crippen molar-refractivity contribution in [2.75, 3.05) is 32.7 Å². The zero-order valence-corrected chi connectivity index (χ0v) is 12.4. The van der Waals surface area contributed by atoms with Gasteiger partial charge in [-0.15, -0.1) is 0 Å². The van der Waals surface area contributed by atoms with Gasteiger partial charge in [-0.2, -0.15) is 0 Å². The largest absolute Gasteiger partial charge is 0.329 e. The monoisotopic (exact) mass is 279 g/mol.